The van der Waals surface area contributed by atoms with E-state index in [0.717, 1.165) is 5.69 Å². The molecule has 1 aromatic carbocycles. The number of rotatable bonds is 1. The van der Waals surface area contributed by atoms with E-state index in [0.29, 0.717) is 0 Å². The van der Waals surface area contributed by atoms with E-state index in [2.05, 4.69) is 12.6 Å². The zero-order valence-electron chi connectivity index (χ0n) is 7.34. The van der Waals surface area contributed by atoms with Gasteiger partial charge in [-0.3, -0.25) is 4.79 Å². The molecule has 0 aromatic heterocycles. The fraction of sp³-hybridized carbons (Fsp3) is 0.222. The first-order valence-electron chi connectivity index (χ1n) is 3.75. The van der Waals surface area contributed by atoms with Crippen LogP contribution in [0, 0.1) is 0 Å². The Morgan fingerprint density at radius 1 is 1.46 bits per heavy atom. The van der Waals surface area contributed by atoms with E-state index < -0.39 is 11.2 Å². The fourth-order valence-corrected chi connectivity index (χ4v) is 0.453. The average molecular weight is 199 g/mol. The summed E-state index contributed by atoms with van der Waals surface area (Å²) < 4.78 is 0. The summed E-state index contributed by atoms with van der Waals surface area (Å²) in [5.74, 6) is -0.877. The maximum absolute atomic E-state index is 9.62. The van der Waals surface area contributed by atoms with Gasteiger partial charge in [0.1, 0.15) is 0 Å². The van der Waals surface area contributed by atoms with Crippen LogP contribution in [0.1, 0.15) is 6.92 Å². The van der Waals surface area contributed by atoms with E-state index in [4.69, 9.17) is 10.8 Å². The first kappa shape index (κ1) is 11.8. The van der Waals surface area contributed by atoms with Crippen molar-refractivity contribution in [2.45, 2.75) is 12.2 Å². The lowest BCUT2D eigenvalue weighted by atomic mass is 10.3. The second kappa shape index (κ2) is 6.37. The molecule has 72 valence electrons. The Labute approximate surface area is 83.0 Å². The minimum atomic E-state index is -0.877. The van der Waals surface area contributed by atoms with Gasteiger partial charge < -0.3 is 10.8 Å². The molecule has 0 aliphatic rings. The minimum absolute atomic E-state index is 0.537. The van der Waals surface area contributed by atoms with Crippen LogP contribution in [0.25, 0.3) is 0 Å². The lowest BCUT2D eigenvalue weighted by molar-refractivity contribution is -0.136. The van der Waals surface area contributed by atoms with Crippen LogP contribution in [0.5, 0.6) is 0 Å². The topological polar surface area (TPSA) is 63.3 Å². The number of hydrogen-bond donors (Lipinski definition) is 3. The molecule has 3 nitrogen and oxygen atoms in total. The molecule has 1 atom stereocenters. The van der Waals surface area contributed by atoms with Gasteiger partial charge in [-0.1, -0.05) is 18.2 Å². The SMILES string of the molecule is CC(S)C(=O)O.Nc1ccccc1. The highest BCUT2D eigenvalue weighted by Gasteiger charge is 2.00. The molecule has 4 heteroatoms. The molecule has 0 fully saturated rings. The Kier molecular flexibility index (Phi) is 5.80. The number of carboxylic acids is 1. The van der Waals surface area contributed by atoms with E-state index in [9.17, 15) is 4.79 Å². The first-order chi connectivity index (χ1) is 6.04. The monoisotopic (exact) mass is 199 g/mol. The highest BCUT2D eigenvalue weighted by atomic mass is 32.1. The standard InChI is InChI=1S/C6H7N.C3H6O2S/c7-6-4-2-1-3-5-6;1-2(6)3(4)5/h1-5H,7H2;2,6H,1H3,(H,4,5). The molecule has 3 N–H and O–H groups in total. The molecule has 0 amide bonds. The number of nitrogen functional groups attached to an aromatic ring is 1. The fourth-order valence-electron chi connectivity index (χ4n) is 0.453. The van der Waals surface area contributed by atoms with Crippen molar-refractivity contribution in [3.63, 3.8) is 0 Å². The number of nitrogens with two attached hydrogens (primary N) is 1. The summed E-state index contributed by atoms with van der Waals surface area (Å²) in [5, 5.41) is 7.38. The van der Waals surface area contributed by atoms with E-state index >= 15 is 0 Å². The molecule has 1 rings (SSSR count). The predicted octanol–water partition coefficient (Wildman–Crippen LogP) is 1.66. The molecule has 1 aromatic rings. The van der Waals surface area contributed by atoms with Crippen molar-refractivity contribution in [2.75, 3.05) is 5.73 Å². The number of para-hydroxylation sites is 1. The molecular formula is C9H13NO2S. The van der Waals surface area contributed by atoms with Gasteiger partial charge >= 0.3 is 5.97 Å². The molecule has 0 aliphatic heterocycles. The van der Waals surface area contributed by atoms with Gasteiger partial charge in [0.15, 0.2) is 0 Å². The Morgan fingerprint density at radius 3 is 2.00 bits per heavy atom. The van der Waals surface area contributed by atoms with Gasteiger partial charge in [-0.15, -0.1) is 0 Å². The highest BCUT2D eigenvalue weighted by Crippen LogP contribution is 1.95. The smallest absolute Gasteiger partial charge is 0.316 e. The molecule has 1 unspecified atom stereocenters. The van der Waals surface area contributed by atoms with Crippen molar-refractivity contribution < 1.29 is 9.90 Å². The van der Waals surface area contributed by atoms with E-state index in [-0.39, 0.29) is 0 Å². The number of benzene rings is 1. The van der Waals surface area contributed by atoms with Crippen LogP contribution in [-0.4, -0.2) is 16.3 Å². The molecular weight excluding hydrogens is 186 g/mol. The summed E-state index contributed by atoms with van der Waals surface area (Å²) in [4.78, 5) is 9.62. The summed E-state index contributed by atoms with van der Waals surface area (Å²) in [6.07, 6.45) is 0. The van der Waals surface area contributed by atoms with Gasteiger partial charge in [0.2, 0.25) is 0 Å². The van der Waals surface area contributed by atoms with Crippen LogP contribution in [0.4, 0.5) is 5.69 Å². The van der Waals surface area contributed by atoms with Gasteiger partial charge in [-0.2, -0.15) is 12.6 Å². The van der Waals surface area contributed by atoms with Crippen LogP contribution < -0.4 is 5.73 Å². The van der Waals surface area contributed by atoms with Crippen LogP contribution in [-0.2, 0) is 4.79 Å². The number of thiol groups is 1. The van der Waals surface area contributed by atoms with Crippen molar-refractivity contribution >= 4 is 24.3 Å². The summed E-state index contributed by atoms with van der Waals surface area (Å²) in [7, 11) is 0. The lowest BCUT2D eigenvalue weighted by Gasteiger charge is -1.88. The Hall–Kier alpha value is -1.16. The molecule has 0 heterocycles. The Morgan fingerprint density at radius 2 is 1.85 bits per heavy atom. The van der Waals surface area contributed by atoms with Crippen molar-refractivity contribution in [1.29, 1.82) is 0 Å². The van der Waals surface area contributed by atoms with Gasteiger partial charge in [0, 0.05) is 5.69 Å². The van der Waals surface area contributed by atoms with Crippen molar-refractivity contribution in [2.24, 2.45) is 0 Å². The Balaban J connectivity index is 0.000000226. The predicted molar refractivity (Wildman–Crippen MR) is 56.9 cm³/mol. The average Bonchev–Trinajstić information content (AvgIpc) is 2.06. The summed E-state index contributed by atoms with van der Waals surface area (Å²) in [6, 6.07) is 9.49. The minimum Gasteiger partial charge on any atom is -0.480 e. The van der Waals surface area contributed by atoms with Crippen LogP contribution in [0.2, 0.25) is 0 Å². The Bertz CT molecular complexity index is 249. The molecule has 0 saturated heterocycles. The third-order valence-electron chi connectivity index (χ3n) is 1.16. The van der Waals surface area contributed by atoms with E-state index in [1.807, 2.05) is 30.3 Å². The highest BCUT2D eigenvalue weighted by molar-refractivity contribution is 7.81. The molecule has 0 bridgehead atoms. The van der Waals surface area contributed by atoms with Crippen LogP contribution in [0.3, 0.4) is 0 Å². The van der Waals surface area contributed by atoms with Crippen molar-refractivity contribution in [1.82, 2.24) is 0 Å². The van der Waals surface area contributed by atoms with E-state index in [1.165, 1.54) is 6.92 Å². The largest absolute Gasteiger partial charge is 0.480 e. The maximum atomic E-state index is 9.62. The normalized spacial score (nSPS) is 10.9. The molecule has 0 spiro atoms. The second-order valence-corrected chi connectivity index (χ2v) is 3.20. The zero-order chi connectivity index (χ0) is 10.3. The molecule has 13 heavy (non-hydrogen) atoms. The number of carbonyl (C=O) groups is 1. The summed E-state index contributed by atoms with van der Waals surface area (Å²) in [6.45, 7) is 1.51. The van der Waals surface area contributed by atoms with Crippen molar-refractivity contribution in [3.05, 3.63) is 30.3 Å². The van der Waals surface area contributed by atoms with Gasteiger partial charge in [-0.05, 0) is 19.1 Å². The molecule has 0 aliphatic carbocycles. The molecule has 0 radical (unpaired) electrons. The maximum Gasteiger partial charge on any atom is 0.316 e. The van der Waals surface area contributed by atoms with Gasteiger partial charge in [0.05, 0.1) is 5.25 Å². The number of carboxylic acid groups (broad SMARTS) is 1. The molecule has 0 saturated carbocycles. The summed E-state index contributed by atoms with van der Waals surface area (Å²) >= 11 is 3.59. The van der Waals surface area contributed by atoms with E-state index in [1.54, 1.807) is 0 Å². The van der Waals surface area contributed by atoms with Crippen LogP contribution >= 0.6 is 12.6 Å². The quantitative estimate of drug-likeness (QED) is 0.476. The first-order valence-corrected chi connectivity index (χ1v) is 4.27. The number of anilines is 1. The lowest BCUT2D eigenvalue weighted by Crippen LogP contribution is -2.06. The zero-order valence-corrected chi connectivity index (χ0v) is 8.24. The van der Waals surface area contributed by atoms with Crippen molar-refractivity contribution in [3.8, 4) is 0 Å². The number of hydrogen-bond acceptors (Lipinski definition) is 3. The summed E-state index contributed by atoms with van der Waals surface area (Å²) in [5.41, 5.74) is 6.18. The third kappa shape index (κ3) is 7.21. The third-order valence-corrected chi connectivity index (χ3v) is 1.38. The number of aliphatic carboxylic acids is 1. The second-order valence-electron chi connectivity index (χ2n) is 2.42. The van der Waals surface area contributed by atoms with Gasteiger partial charge in [-0.25, -0.2) is 0 Å². The van der Waals surface area contributed by atoms with Gasteiger partial charge in [0.25, 0.3) is 0 Å². The van der Waals surface area contributed by atoms with Crippen LogP contribution in [0.15, 0.2) is 30.3 Å².